The number of halogens is 2. The van der Waals surface area contributed by atoms with Crippen molar-refractivity contribution >= 4 is 0 Å². The van der Waals surface area contributed by atoms with Crippen LogP contribution in [-0.2, 0) is 9.47 Å². The van der Waals surface area contributed by atoms with Crippen molar-refractivity contribution in [2.45, 2.75) is 77.3 Å². The van der Waals surface area contributed by atoms with E-state index in [1.807, 2.05) is 0 Å². The average molecular weight is 348 g/mol. The summed E-state index contributed by atoms with van der Waals surface area (Å²) >= 11 is 0. The Morgan fingerprint density at radius 1 is 1.12 bits per heavy atom. The largest absolute Gasteiger partial charge is 0.390 e. The lowest BCUT2D eigenvalue weighted by Crippen LogP contribution is -2.57. The van der Waals surface area contributed by atoms with E-state index in [4.69, 9.17) is 4.74 Å². The van der Waals surface area contributed by atoms with Gasteiger partial charge in [-0.3, -0.25) is 4.74 Å². The molecule has 0 aromatic carbocycles. The number of aliphatic hydroxyl groups is 2. The number of hydrogen-bond acceptors (Lipinski definition) is 4. The summed E-state index contributed by atoms with van der Waals surface area (Å²) in [4.78, 5) is 0. The van der Waals surface area contributed by atoms with E-state index >= 15 is 0 Å². The standard InChI is InChI=1S/C18H30F2O4/c1-15(2,3)18(19,20)24-14(21)9-23-11-16-5-12-4-13(6-16)8-17(22,7-12)10-16/h12-14,21-22H,4-11H2,1-3H3. The summed E-state index contributed by atoms with van der Waals surface area (Å²) in [5.41, 5.74) is -2.02. The molecule has 0 spiro atoms. The van der Waals surface area contributed by atoms with Gasteiger partial charge in [0.05, 0.1) is 24.2 Å². The van der Waals surface area contributed by atoms with E-state index in [-0.39, 0.29) is 12.0 Å². The summed E-state index contributed by atoms with van der Waals surface area (Å²) < 4.78 is 37.7. The van der Waals surface area contributed by atoms with Gasteiger partial charge in [-0.1, -0.05) is 20.8 Å². The van der Waals surface area contributed by atoms with Gasteiger partial charge in [-0.2, -0.15) is 8.78 Å². The summed E-state index contributed by atoms with van der Waals surface area (Å²) in [6.45, 7) is 4.19. The van der Waals surface area contributed by atoms with Crippen molar-refractivity contribution in [2.24, 2.45) is 22.7 Å². The minimum atomic E-state index is -3.42. The van der Waals surface area contributed by atoms with Crippen LogP contribution in [0.1, 0.15) is 59.3 Å². The van der Waals surface area contributed by atoms with Crippen LogP contribution in [0.25, 0.3) is 0 Å². The van der Waals surface area contributed by atoms with Crippen molar-refractivity contribution in [2.75, 3.05) is 13.2 Å². The maximum Gasteiger partial charge on any atom is 0.362 e. The van der Waals surface area contributed by atoms with E-state index in [9.17, 15) is 19.0 Å². The number of aliphatic hydroxyl groups excluding tert-OH is 1. The quantitative estimate of drug-likeness (QED) is 0.723. The molecule has 4 fully saturated rings. The number of hydrogen-bond donors (Lipinski definition) is 2. The lowest BCUT2D eigenvalue weighted by atomic mass is 9.48. The summed E-state index contributed by atoms with van der Waals surface area (Å²) in [5.74, 6) is 1.09. The molecule has 2 N–H and O–H groups in total. The smallest absolute Gasteiger partial charge is 0.362 e. The van der Waals surface area contributed by atoms with Gasteiger partial charge in [0.25, 0.3) is 0 Å². The van der Waals surface area contributed by atoms with Gasteiger partial charge in [-0.15, -0.1) is 0 Å². The zero-order valence-electron chi connectivity index (χ0n) is 14.9. The fourth-order valence-electron chi connectivity index (χ4n) is 5.33. The van der Waals surface area contributed by atoms with Crippen LogP contribution in [0.4, 0.5) is 8.78 Å². The van der Waals surface area contributed by atoms with Crippen molar-refractivity contribution in [1.82, 2.24) is 0 Å². The predicted molar refractivity (Wildman–Crippen MR) is 84.4 cm³/mol. The molecule has 0 aliphatic heterocycles. The van der Waals surface area contributed by atoms with Gasteiger partial charge in [-0.05, 0) is 55.8 Å². The molecule has 4 aliphatic carbocycles. The Kier molecular flexibility index (Phi) is 4.52. The van der Waals surface area contributed by atoms with Crippen molar-refractivity contribution < 1.29 is 28.5 Å². The minimum absolute atomic E-state index is 0.0644. The third-order valence-electron chi connectivity index (χ3n) is 5.98. The van der Waals surface area contributed by atoms with Crippen molar-refractivity contribution in [3.05, 3.63) is 0 Å². The van der Waals surface area contributed by atoms with Crippen LogP contribution in [-0.4, -0.2) is 41.4 Å². The van der Waals surface area contributed by atoms with Gasteiger partial charge in [0.1, 0.15) is 0 Å². The van der Waals surface area contributed by atoms with Gasteiger partial charge in [0, 0.05) is 0 Å². The van der Waals surface area contributed by atoms with Crippen LogP contribution in [0.2, 0.25) is 0 Å². The average Bonchev–Trinajstić information content (AvgIpc) is 2.32. The van der Waals surface area contributed by atoms with Crippen LogP contribution < -0.4 is 0 Å². The van der Waals surface area contributed by atoms with Gasteiger partial charge in [0.2, 0.25) is 0 Å². The molecule has 3 atom stereocenters. The van der Waals surface area contributed by atoms with Gasteiger partial charge < -0.3 is 14.9 Å². The Bertz CT molecular complexity index is 460. The summed E-state index contributed by atoms with van der Waals surface area (Å²) in [6.07, 6.45) is 0.656. The fraction of sp³-hybridized carbons (Fsp3) is 1.00. The minimum Gasteiger partial charge on any atom is -0.390 e. The first kappa shape index (κ1) is 18.5. The molecule has 6 heteroatoms. The molecule has 0 aromatic heterocycles. The normalized spacial score (nSPS) is 40.1. The van der Waals surface area contributed by atoms with Gasteiger partial charge in [0.15, 0.2) is 6.29 Å². The first-order valence-corrected chi connectivity index (χ1v) is 8.96. The van der Waals surface area contributed by atoms with Crippen LogP contribution in [0.15, 0.2) is 0 Å². The van der Waals surface area contributed by atoms with E-state index in [0.29, 0.717) is 18.4 Å². The zero-order valence-corrected chi connectivity index (χ0v) is 14.9. The predicted octanol–water partition coefficient (Wildman–Crippen LogP) is 3.31. The highest BCUT2D eigenvalue weighted by Crippen LogP contribution is 2.61. The van der Waals surface area contributed by atoms with E-state index in [1.54, 1.807) is 0 Å². The van der Waals surface area contributed by atoms with Crippen LogP contribution in [0.3, 0.4) is 0 Å². The van der Waals surface area contributed by atoms with Crippen molar-refractivity contribution in [1.29, 1.82) is 0 Å². The summed E-state index contributed by atoms with van der Waals surface area (Å²) in [7, 11) is 0. The number of rotatable bonds is 6. The molecule has 4 saturated carbocycles. The molecule has 140 valence electrons. The zero-order chi connectivity index (χ0) is 17.8. The highest BCUT2D eigenvalue weighted by molar-refractivity contribution is 5.08. The first-order chi connectivity index (χ1) is 10.9. The van der Waals surface area contributed by atoms with E-state index in [0.717, 1.165) is 32.1 Å². The molecule has 4 rings (SSSR count). The van der Waals surface area contributed by atoms with E-state index < -0.39 is 23.4 Å². The Balaban J connectivity index is 1.50. The van der Waals surface area contributed by atoms with Crippen LogP contribution >= 0.6 is 0 Å². The second kappa shape index (κ2) is 5.86. The third-order valence-corrected chi connectivity index (χ3v) is 5.98. The second-order valence-electron chi connectivity index (χ2n) is 9.54. The molecule has 24 heavy (non-hydrogen) atoms. The summed E-state index contributed by atoms with van der Waals surface area (Å²) in [6, 6.07) is 0. The van der Waals surface area contributed by atoms with Crippen LogP contribution in [0.5, 0.6) is 0 Å². The van der Waals surface area contributed by atoms with Crippen molar-refractivity contribution in [3.8, 4) is 0 Å². The Morgan fingerprint density at radius 3 is 2.21 bits per heavy atom. The maximum atomic E-state index is 13.8. The topological polar surface area (TPSA) is 58.9 Å². The lowest BCUT2D eigenvalue weighted by Gasteiger charge is -2.60. The fourth-order valence-corrected chi connectivity index (χ4v) is 5.33. The molecular weight excluding hydrogens is 318 g/mol. The molecular formula is C18H30F2O4. The highest BCUT2D eigenvalue weighted by atomic mass is 19.3. The molecule has 0 heterocycles. The van der Waals surface area contributed by atoms with Gasteiger partial charge in [-0.25, -0.2) is 0 Å². The maximum absolute atomic E-state index is 13.8. The number of alkyl halides is 2. The monoisotopic (exact) mass is 348 g/mol. The number of ether oxygens (including phenoxy) is 2. The van der Waals surface area contributed by atoms with E-state index in [1.165, 1.54) is 27.2 Å². The Hall–Kier alpha value is -0.300. The molecule has 4 bridgehead atoms. The summed E-state index contributed by atoms with van der Waals surface area (Å²) in [5, 5.41) is 20.4. The van der Waals surface area contributed by atoms with Crippen molar-refractivity contribution in [3.63, 3.8) is 0 Å². The molecule has 4 nitrogen and oxygen atoms in total. The van der Waals surface area contributed by atoms with Crippen LogP contribution in [0, 0.1) is 22.7 Å². The van der Waals surface area contributed by atoms with E-state index in [2.05, 4.69) is 4.74 Å². The molecule has 0 radical (unpaired) electrons. The Morgan fingerprint density at radius 2 is 1.71 bits per heavy atom. The first-order valence-electron chi connectivity index (χ1n) is 8.96. The second-order valence-corrected chi connectivity index (χ2v) is 9.54. The third kappa shape index (κ3) is 3.62. The molecule has 0 saturated heterocycles. The highest BCUT2D eigenvalue weighted by Gasteiger charge is 2.57. The molecule has 0 aromatic rings. The molecule has 4 aliphatic rings. The lowest BCUT2D eigenvalue weighted by molar-refractivity contribution is -0.354. The van der Waals surface area contributed by atoms with Gasteiger partial charge >= 0.3 is 6.11 Å². The molecule has 0 amide bonds. The SMILES string of the molecule is CC(C)(C)C(F)(F)OC(O)COCC12CC3CC(CC(O)(C3)C1)C2. The molecule has 3 unspecified atom stereocenters. The Labute approximate surface area is 142 Å².